The normalized spacial score (nSPS) is 14.9. The highest BCUT2D eigenvalue weighted by molar-refractivity contribution is 7.93. The van der Waals surface area contributed by atoms with E-state index in [1.165, 1.54) is 27.7 Å². The van der Waals surface area contributed by atoms with Crippen molar-refractivity contribution in [1.82, 2.24) is 24.2 Å². The van der Waals surface area contributed by atoms with Gasteiger partial charge in [0.05, 0.1) is 12.2 Å². The van der Waals surface area contributed by atoms with Crippen LogP contribution in [0.4, 0.5) is 11.6 Å². The minimum Gasteiger partial charge on any atom is -0.459 e. The number of allylic oxidation sites excluding steroid dienone is 1. The molecule has 8 rings (SSSR count). The van der Waals surface area contributed by atoms with Crippen LogP contribution in [0.25, 0.3) is 28.5 Å². The molecule has 2 aliphatic heterocycles. The average molecular weight is 930 g/mol. The molecule has 16 nitrogen and oxygen atoms in total. The van der Waals surface area contributed by atoms with Crippen LogP contribution in [0.5, 0.6) is 28.9 Å². The van der Waals surface area contributed by atoms with E-state index in [1.54, 1.807) is 11.1 Å². The number of nitriles is 2. The first-order chi connectivity index (χ1) is 33.1. The summed E-state index contributed by atoms with van der Waals surface area (Å²) in [4.78, 5) is 27.0. The summed E-state index contributed by atoms with van der Waals surface area (Å²) < 4.78 is 49.2. The third-order valence-electron chi connectivity index (χ3n) is 11.8. The van der Waals surface area contributed by atoms with Crippen molar-refractivity contribution in [3.05, 3.63) is 145 Å². The second-order valence-corrected chi connectivity index (χ2v) is 18.3. The zero-order valence-electron chi connectivity index (χ0n) is 37.1. The summed E-state index contributed by atoms with van der Waals surface area (Å²) in [6.07, 6.45) is 8.18. The Bertz CT molecular complexity index is 2960. The van der Waals surface area contributed by atoms with Gasteiger partial charge in [-0.1, -0.05) is 67.2 Å². The van der Waals surface area contributed by atoms with E-state index in [9.17, 15) is 18.5 Å². The van der Waals surface area contributed by atoms with E-state index in [2.05, 4.69) is 26.8 Å². The molecule has 0 saturated carbocycles. The van der Waals surface area contributed by atoms with Crippen molar-refractivity contribution in [2.45, 2.75) is 25.7 Å². The Balaban J connectivity index is 0.933. The Morgan fingerprint density at radius 3 is 1.94 bits per heavy atom. The number of benzene rings is 4. The number of piperidine rings is 2. The standard InChI is InChI=1S/C51H49N10O6S/c1-36(28-52)51(62)60-24-20-38(21-25-60)33-65-50-46(39-12-16-43(17-13-39)66-41-8-4-2-5-9-41)32-59(35-58-50)31-45(29-53)68(63,64)61-26-22-37(23-27-61)30-55-49-47(48(54)56-34-57-49)40-14-18-44(19-15-40)67-42-10-6-3-7-11-42/h2-19,31-32,34-35,37-38H,1,20-27,30,33H2,(H3,54,55,56,57)/q+1. The predicted molar refractivity (Wildman–Crippen MR) is 256 cm³/mol. The second kappa shape index (κ2) is 21.5. The van der Waals surface area contributed by atoms with Gasteiger partial charge in [0.1, 0.15) is 76.6 Å². The molecule has 4 aromatic carbocycles. The zero-order chi connectivity index (χ0) is 47.5. The van der Waals surface area contributed by atoms with E-state index in [-0.39, 0.29) is 36.4 Å². The van der Waals surface area contributed by atoms with E-state index < -0.39 is 14.9 Å². The van der Waals surface area contributed by atoms with Crippen LogP contribution < -0.4 is 29.8 Å². The van der Waals surface area contributed by atoms with Gasteiger partial charge in [0.2, 0.25) is 0 Å². The van der Waals surface area contributed by atoms with E-state index >= 15 is 0 Å². The van der Waals surface area contributed by atoms with Crippen LogP contribution in [0.1, 0.15) is 25.7 Å². The van der Waals surface area contributed by atoms with Crippen LogP contribution >= 0.6 is 0 Å². The Morgan fingerprint density at radius 1 is 0.779 bits per heavy atom. The first-order valence-corrected chi connectivity index (χ1v) is 23.6. The summed E-state index contributed by atoms with van der Waals surface area (Å²) in [7, 11) is -4.18. The maximum absolute atomic E-state index is 14.0. The molecule has 68 heavy (non-hydrogen) atoms. The number of hydrogen-bond acceptors (Lipinski definition) is 13. The molecule has 0 bridgehead atoms. The van der Waals surface area contributed by atoms with Gasteiger partial charge < -0.3 is 30.2 Å². The number of para-hydroxylation sites is 2. The lowest BCUT2D eigenvalue weighted by Crippen LogP contribution is -2.41. The predicted octanol–water partition coefficient (Wildman–Crippen LogP) is 7.83. The number of carbonyl (C=O) groups excluding carboxylic acids is 1. The van der Waals surface area contributed by atoms with Crippen LogP contribution in [-0.2, 0) is 14.8 Å². The number of hydrogen-bond donors (Lipinski definition) is 2. The summed E-state index contributed by atoms with van der Waals surface area (Å²) in [5, 5.41) is 22.8. The van der Waals surface area contributed by atoms with Crippen molar-refractivity contribution in [3.63, 3.8) is 0 Å². The number of rotatable bonds is 16. The smallest absolute Gasteiger partial charge is 0.339 e. The lowest BCUT2D eigenvalue weighted by molar-refractivity contribution is -0.571. The van der Waals surface area contributed by atoms with E-state index in [0.29, 0.717) is 103 Å². The summed E-state index contributed by atoms with van der Waals surface area (Å²) in [5.74, 6) is 3.73. The van der Waals surface area contributed by atoms with Crippen LogP contribution in [-0.4, -0.2) is 77.8 Å². The van der Waals surface area contributed by atoms with Crippen LogP contribution in [0.2, 0.25) is 0 Å². The van der Waals surface area contributed by atoms with Gasteiger partial charge in [0, 0.05) is 32.7 Å². The van der Waals surface area contributed by atoms with Crippen molar-refractivity contribution in [2.75, 3.05) is 50.4 Å². The van der Waals surface area contributed by atoms with E-state index in [4.69, 9.17) is 25.2 Å². The molecule has 0 aliphatic carbocycles. The lowest BCUT2D eigenvalue weighted by Gasteiger charge is -2.31. The molecular weight excluding hydrogens is 881 g/mol. The highest BCUT2D eigenvalue weighted by atomic mass is 32.2. The number of aromatic nitrogens is 4. The van der Waals surface area contributed by atoms with Crippen LogP contribution in [0.3, 0.4) is 0 Å². The highest BCUT2D eigenvalue weighted by Gasteiger charge is 2.33. The Labute approximate surface area is 395 Å². The minimum atomic E-state index is -4.18. The van der Waals surface area contributed by atoms with Gasteiger partial charge in [0.15, 0.2) is 4.91 Å². The molecule has 1 amide bonds. The summed E-state index contributed by atoms with van der Waals surface area (Å²) in [6.45, 7) is 5.75. The Hall–Kier alpha value is -8.12. The molecule has 0 radical (unpaired) electrons. The average Bonchev–Trinajstić information content (AvgIpc) is 3.38. The van der Waals surface area contributed by atoms with Crippen molar-refractivity contribution in [2.24, 2.45) is 11.8 Å². The van der Waals surface area contributed by atoms with E-state index in [1.807, 2.05) is 121 Å². The lowest BCUT2D eigenvalue weighted by atomic mass is 9.97. The maximum Gasteiger partial charge on any atom is 0.339 e. The van der Waals surface area contributed by atoms with Gasteiger partial charge in [-0.25, -0.2) is 23.0 Å². The molecule has 2 aliphatic rings. The van der Waals surface area contributed by atoms with Gasteiger partial charge in [0.25, 0.3) is 22.3 Å². The molecule has 2 saturated heterocycles. The molecule has 4 heterocycles. The minimum absolute atomic E-state index is 0.0868. The van der Waals surface area contributed by atoms with E-state index in [0.717, 1.165) is 11.3 Å². The molecule has 344 valence electrons. The number of amides is 1. The van der Waals surface area contributed by atoms with Gasteiger partial charge >= 0.3 is 5.88 Å². The fourth-order valence-corrected chi connectivity index (χ4v) is 9.37. The first kappa shape index (κ1) is 46.4. The fourth-order valence-electron chi connectivity index (χ4n) is 8.03. The van der Waals surface area contributed by atoms with Crippen LogP contribution in [0.15, 0.2) is 145 Å². The fraction of sp³-hybridized carbons (Fsp3) is 0.235. The molecular formula is C51H49N10O6S+. The number of nitrogens with one attached hydrogen (secondary N) is 1. The van der Waals surface area contributed by atoms with Gasteiger partial charge in [-0.15, -0.1) is 0 Å². The zero-order valence-corrected chi connectivity index (χ0v) is 38.0. The van der Waals surface area contributed by atoms with Crippen LogP contribution in [0, 0.1) is 34.5 Å². The number of anilines is 2. The Kier molecular flexibility index (Phi) is 14.6. The quantitative estimate of drug-likeness (QED) is 0.0539. The number of nitrogens with two attached hydrogens (primary N) is 1. The number of likely N-dealkylation sites (tertiary alicyclic amines) is 1. The topological polar surface area (TPSA) is 214 Å². The summed E-state index contributed by atoms with van der Waals surface area (Å²) >= 11 is 0. The maximum atomic E-state index is 14.0. The molecule has 0 atom stereocenters. The molecule has 2 aromatic heterocycles. The molecule has 0 spiro atoms. The highest BCUT2D eigenvalue weighted by Crippen LogP contribution is 2.35. The largest absolute Gasteiger partial charge is 0.459 e. The third-order valence-corrected chi connectivity index (χ3v) is 13.6. The molecule has 0 unspecified atom stereocenters. The summed E-state index contributed by atoms with van der Waals surface area (Å²) in [6, 6.07) is 37.5. The molecule has 6 aromatic rings. The van der Waals surface area contributed by atoms with Gasteiger partial charge in [-0.2, -0.15) is 14.8 Å². The van der Waals surface area contributed by atoms with Crippen molar-refractivity contribution >= 4 is 33.8 Å². The van der Waals surface area contributed by atoms with Gasteiger partial charge in [-0.3, -0.25) is 4.79 Å². The van der Waals surface area contributed by atoms with Gasteiger partial charge in [-0.05, 0) is 102 Å². The first-order valence-electron chi connectivity index (χ1n) is 22.1. The number of nitrogen functional groups attached to an aromatic ring is 1. The summed E-state index contributed by atoms with van der Waals surface area (Å²) in [5.41, 5.74) is 9.01. The molecule has 17 heteroatoms. The third kappa shape index (κ3) is 11.3. The molecule has 2 fully saturated rings. The van der Waals surface area contributed by atoms with Crippen molar-refractivity contribution < 1.29 is 32.0 Å². The second-order valence-electron chi connectivity index (χ2n) is 16.4. The van der Waals surface area contributed by atoms with Crippen molar-refractivity contribution in [3.8, 4) is 63.3 Å². The number of nitrogens with zero attached hydrogens (tertiary/aromatic N) is 8. The Morgan fingerprint density at radius 2 is 1.35 bits per heavy atom. The number of ether oxygens (including phenoxy) is 3. The number of sulfonamides is 1. The molecule has 3 N–H and O–H groups in total. The SMILES string of the molecule is C=C(C#N)C(=O)N1CCC(COc2nc[n+](C=C(C#N)S(=O)(=O)N3CCC(CNc4ncnc(N)c4-c4ccc(Oc5ccccc5)cc4)CC3)cc2-c2ccc(Oc3ccccc3)cc2)CC1. The number of carbonyl (C=O) groups is 1. The van der Waals surface area contributed by atoms with Crippen molar-refractivity contribution in [1.29, 1.82) is 10.5 Å². The monoisotopic (exact) mass is 929 g/mol.